The number of amides is 2. The molecule has 0 fully saturated rings. The predicted molar refractivity (Wildman–Crippen MR) is 68.0 cm³/mol. The lowest BCUT2D eigenvalue weighted by Crippen LogP contribution is -2.43. The maximum absolute atomic E-state index is 11.9. The summed E-state index contributed by atoms with van der Waals surface area (Å²) in [7, 11) is 3.23. The Morgan fingerprint density at radius 3 is 2.95 bits per heavy atom. The van der Waals surface area contributed by atoms with E-state index in [1.165, 1.54) is 4.68 Å². The third kappa shape index (κ3) is 2.95. The zero-order chi connectivity index (χ0) is 13.8. The van der Waals surface area contributed by atoms with Crippen molar-refractivity contribution in [1.29, 1.82) is 0 Å². The van der Waals surface area contributed by atoms with Gasteiger partial charge in [0.1, 0.15) is 5.82 Å². The van der Waals surface area contributed by atoms with Crippen LogP contribution in [0.3, 0.4) is 0 Å². The van der Waals surface area contributed by atoms with Crippen molar-refractivity contribution < 1.29 is 9.53 Å². The Bertz CT molecular complexity index is 507. The summed E-state index contributed by atoms with van der Waals surface area (Å²) < 4.78 is 7.84. The summed E-state index contributed by atoms with van der Waals surface area (Å²) in [5.74, 6) is 0.736. The van der Waals surface area contributed by atoms with E-state index in [1.54, 1.807) is 23.6 Å². The number of aromatic nitrogens is 3. The van der Waals surface area contributed by atoms with Crippen molar-refractivity contribution in [2.24, 2.45) is 7.05 Å². The molecule has 1 aromatic rings. The lowest BCUT2D eigenvalue weighted by molar-refractivity contribution is 0.180. The highest BCUT2D eigenvalue weighted by Crippen LogP contribution is 2.04. The van der Waals surface area contributed by atoms with Crippen molar-refractivity contribution >= 4 is 6.03 Å². The average Bonchev–Trinajstić information content (AvgIpc) is 2.56. The van der Waals surface area contributed by atoms with Crippen LogP contribution in [0.5, 0.6) is 0 Å². The summed E-state index contributed by atoms with van der Waals surface area (Å²) >= 11 is 0. The minimum Gasteiger partial charge on any atom is -0.383 e. The van der Waals surface area contributed by atoms with E-state index in [-0.39, 0.29) is 11.7 Å². The van der Waals surface area contributed by atoms with Gasteiger partial charge in [0.05, 0.1) is 6.61 Å². The first-order chi connectivity index (χ1) is 9.13. The summed E-state index contributed by atoms with van der Waals surface area (Å²) in [6.45, 7) is 2.53. The van der Waals surface area contributed by atoms with Gasteiger partial charge in [-0.15, -0.1) is 0 Å². The third-order valence-corrected chi connectivity index (χ3v) is 3.15. The number of hydrogen-bond acceptors (Lipinski definition) is 4. The summed E-state index contributed by atoms with van der Waals surface area (Å²) in [6.07, 6.45) is 0.591. The first-order valence-corrected chi connectivity index (χ1v) is 6.28. The number of aryl methyl sites for hydroxylation is 1. The Kier molecular flexibility index (Phi) is 4.20. The van der Waals surface area contributed by atoms with Gasteiger partial charge in [0.2, 0.25) is 0 Å². The van der Waals surface area contributed by atoms with Gasteiger partial charge in [-0.3, -0.25) is 4.57 Å². The van der Waals surface area contributed by atoms with E-state index < -0.39 is 0 Å². The molecule has 106 valence electrons. The zero-order valence-electron chi connectivity index (χ0n) is 11.3. The van der Waals surface area contributed by atoms with Crippen LogP contribution in [-0.4, -0.2) is 58.6 Å². The molecule has 8 nitrogen and oxygen atoms in total. The number of ether oxygens (including phenoxy) is 1. The summed E-state index contributed by atoms with van der Waals surface area (Å²) in [5, 5.41) is 6.94. The van der Waals surface area contributed by atoms with Crippen molar-refractivity contribution in [1.82, 2.24) is 24.6 Å². The predicted octanol–water partition coefficient (Wildman–Crippen LogP) is -1.20. The topological polar surface area (TPSA) is 81.4 Å². The minimum absolute atomic E-state index is 0.125. The van der Waals surface area contributed by atoms with Crippen molar-refractivity contribution in [3.63, 3.8) is 0 Å². The van der Waals surface area contributed by atoms with Crippen LogP contribution >= 0.6 is 0 Å². The minimum atomic E-state index is -0.128. The fourth-order valence-electron chi connectivity index (χ4n) is 2.11. The van der Waals surface area contributed by atoms with Crippen LogP contribution in [0.1, 0.15) is 5.82 Å². The SMILES string of the molecule is COCCNC(=O)N1CCc2nn(C)c(=O)n2CC1. The van der Waals surface area contributed by atoms with Crippen molar-refractivity contribution in [2.75, 3.05) is 33.4 Å². The van der Waals surface area contributed by atoms with Gasteiger partial charge in [0.25, 0.3) is 0 Å². The number of hydrogen-bond donors (Lipinski definition) is 1. The second-order valence-electron chi connectivity index (χ2n) is 4.44. The quantitative estimate of drug-likeness (QED) is 0.699. The molecule has 1 aromatic heterocycles. The van der Waals surface area contributed by atoms with Crippen LogP contribution < -0.4 is 11.0 Å². The highest BCUT2D eigenvalue weighted by atomic mass is 16.5. The number of rotatable bonds is 3. The molecule has 1 aliphatic heterocycles. The van der Waals surface area contributed by atoms with E-state index >= 15 is 0 Å². The Balaban J connectivity index is 1.96. The Morgan fingerprint density at radius 1 is 1.42 bits per heavy atom. The molecule has 0 unspecified atom stereocenters. The average molecular weight is 269 g/mol. The van der Waals surface area contributed by atoms with E-state index in [0.29, 0.717) is 39.2 Å². The number of nitrogens with one attached hydrogen (secondary N) is 1. The second kappa shape index (κ2) is 5.87. The maximum atomic E-state index is 11.9. The van der Waals surface area contributed by atoms with Crippen molar-refractivity contribution in [3.05, 3.63) is 16.3 Å². The van der Waals surface area contributed by atoms with E-state index in [9.17, 15) is 9.59 Å². The number of fused-ring (bicyclic) bond motifs is 1. The zero-order valence-corrected chi connectivity index (χ0v) is 11.3. The van der Waals surface area contributed by atoms with Gasteiger partial charge in [0.15, 0.2) is 0 Å². The number of urea groups is 1. The van der Waals surface area contributed by atoms with Crippen molar-refractivity contribution in [2.45, 2.75) is 13.0 Å². The molecule has 2 rings (SSSR count). The normalized spacial score (nSPS) is 14.9. The summed E-state index contributed by atoms with van der Waals surface area (Å²) in [6, 6.07) is -0.125. The van der Waals surface area contributed by atoms with Gasteiger partial charge in [-0.25, -0.2) is 14.3 Å². The molecule has 0 bridgehead atoms. The molecule has 0 spiro atoms. The molecule has 1 N–H and O–H groups in total. The highest BCUT2D eigenvalue weighted by molar-refractivity contribution is 5.74. The molecule has 19 heavy (non-hydrogen) atoms. The molecule has 2 heterocycles. The number of methoxy groups -OCH3 is 1. The number of carbonyl (C=O) groups excluding carboxylic acids is 1. The largest absolute Gasteiger partial charge is 0.383 e. The van der Waals surface area contributed by atoms with Gasteiger partial charge < -0.3 is 15.0 Å². The van der Waals surface area contributed by atoms with Crippen LogP contribution in [0, 0.1) is 0 Å². The Morgan fingerprint density at radius 2 is 2.21 bits per heavy atom. The fourth-order valence-corrected chi connectivity index (χ4v) is 2.11. The molecule has 0 saturated heterocycles. The highest BCUT2D eigenvalue weighted by Gasteiger charge is 2.21. The van der Waals surface area contributed by atoms with Gasteiger partial charge in [0, 0.05) is 46.8 Å². The second-order valence-corrected chi connectivity index (χ2v) is 4.44. The first-order valence-electron chi connectivity index (χ1n) is 6.28. The van der Waals surface area contributed by atoms with E-state index in [2.05, 4.69) is 10.4 Å². The van der Waals surface area contributed by atoms with Crippen molar-refractivity contribution in [3.8, 4) is 0 Å². The van der Waals surface area contributed by atoms with Crippen LogP contribution in [0.25, 0.3) is 0 Å². The molecule has 0 radical (unpaired) electrons. The molecule has 0 saturated carbocycles. The van der Waals surface area contributed by atoms with Gasteiger partial charge >= 0.3 is 11.7 Å². The first kappa shape index (κ1) is 13.6. The Labute approximate surface area is 110 Å². The molecule has 0 aromatic carbocycles. The van der Waals surface area contributed by atoms with Gasteiger partial charge in [-0.2, -0.15) is 5.10 Å². The molecule has 8 heteroatoms. The lowest BCUT2D eigenvalue weighted by Gasteiger charge is -2.20. The smallest absolute Gasteiger partial charge is 0.345 e. The lowest BCUT2D eigenvalue weighted by atomic mass is 10.4. The van der Waals surface area contributed by atoms with Crippen LogP contribution in [0.15, 0.2) is 4.79 Å². The van der Waals surface area contributed by atoms with Gasteiger partial charge in [-0.05, 0) is 0 Å². The van der Waals surface area contributed by atoms with E-state index in [1.807, 2.05) is 0 Å². The molecule has 0 atom stereocenters. The molecule has 0 aliphatic carbocycles. The molecule has 1 aliphatic rings. The van der Waals surface area contributed by atoms with Gasteiger partial charge in [-0.1, -0.05) is 0 Å². The monoisotopic (exact) mass is 269 g/mol. The van der Waals surface area contributed by atoms with Crippen LogP contribution in [0.2, 0.25) is 0 Å². The molecular weight excluding hydrogens is 250 g/mol. The fraction of sp³-hybridized carbons (Fsp3) is 0.727. The maximum Gasteiger partial charge on any atom is 0.345 e. The summed E-state index contributed by atoms with van der Waals surface area (Å²) in [5.41, 5.74) is -0.128. The number of carbonyl (C=O) groups is 1. The van der Waals surface area contributed by atoms with E-state index in [4.69, 9.17) is 4.74 Å². The van der Waals surface area contributed by atoms with Crippen LogP contribution in [0.4, 0.5) is 4.79 Å². The Hall–Kier alpha value is -1.83. The summed E-state index contributed by atoms with van der Waals surface area (Å²) in [4.78, 5) is 25.4. The molecular formula is C11H19N5O3. The molecule has 2 amide bonds. The standard InChI is InChI=1S/C11H19N5O3/c1-14-11(18)16-7-6-15(5-3-9(16)13-14)10(17)12-4-8-19-2/h3-8H2,1-2H3,(H,12,17). The van der Waals surface area contributed by atoms with Crippen LogP contribution in [-0.2, 0) is 24.8 Å². The van der Waals surface area contributed by atoms with E-state index in [0.717, 1.165) is 5.82 Å². The third-order valence-electron chi connectivity index (χ3n) is 3.15. The number of nitrogens with zero attached hydrogens (tertiary/aromatic N) is 4.